The van der Waals surface area contributed by atoms with Gasteiger partial charge in [0.05, 0.1) is 16.4 Å². The molecule has 1 amide bonds. The van der Waals surface area contributed by atoms with Crippen molar-refractivity contribution < 1.29 is 4.79 Å². The number of carbonyl (C=O) groups is 1. The number of nitrogens with zero attached hydrogens (tertiary/aromatic N) is 3. The molecule has 1 N–H and O–H groups in total. The first-order valence-electron chi connectivity index (χ1n) is 10.4. The van der Waals surface area contributed by atoms with Gasteiger partial charge in [0.15, 0.2) is 5.69 Å². The number of hydrogen-bond acceptors (Lipinski definition) is 3. The van der Waals surface area contributed by atoms with Crippen LogP contribution in [0.25, 0.3) is 16.9 Å². The predicted molar refractivity (Wildman–Crippen MR) is 124 cm³/mol. The Balaban J connectivity index is 1.70. The van der Waals surface area contributed by atoms with Crippen molar-refractivity contribution in [3.63, 3.8) is 0 Å². The highest BCUT2D eigenvalue weighted by atomic mass is 35.5. The van der Waals surface area contributed by atoms with Crippen LogP contribution >= 0.6 is 34.8 Å². The number of halogens is 3. The van der Waals surface area contributed by atoms with Gasteiger partial charge >= 0.3 is 0 Å². The van der Waals surface area contributed by atoms with E-state index in [0.717, 1.165) is 67.6 Å². The maximum Gasteiger partial charge on any atom is 0.286 e. The molecule has 5 rings (SSSR count). The molecule has 2 aliphatic rings. The molecule has 1 saturated heterocycles. The molecule has 0 unspecified atom stereocenters. The lowest BCUT2D eigenvalue weighted by molar-refractivity contribution is 0.0819. The van der Waals surface area contributed by atoms with E-state index in [-0.39, 0.29) is 5.91 Å². The minimum atomic E-state index is -0.181. The van der Waals surface area contributed by atoms with Crippen LogP contribution in [-0.4, -0.2) is 33.8 Å². The fourth-order valence-electron chi connectivity index (χ4n) is 4.45. The Morgan fingerprint density at radius 3 is 2.45 bits per heavy atom. The third-order valence-electron chi connectivity index (χ3n) is 5.90. The largest absolute Gasteiger partial charge is 0.286 e. The van der Waals surface area contributed by atoms with Crippen molar-refractivity contribution in [1.29, 1.82) is 0 Å². The summed E-state index contributed by atoms with van der Waals surface area (Å²) in [5, 5.41) is 8.46. The molecule has 0 atom stereocenters. The van der Waals surface area contributed by atoms with Crippen molar-refractivity contribution in [2.45, 2.75) is 32.1 Å². The quantitative estimate of drug-likeness (QED) is 0.526. The van der Waals surface area contributed by atoms with Crippen LogP contribution in [0.15, 0.2) is 36.4 Å². The van der Waals surface area contributed by atoms with Crippen molar-refractivity contribution in [2.24, 2.45) is 0 Å². The third-order valence-corrected chi connectivity index (χ3v) is 6.67. The molecule has 8 heteroatoms. The minimum absolute atomic E-state index is 0.181. The van der Waals surface area contributed by atoms with Crippen LogP contribution in [0, 0.1) is 0 Å². The van der Waals surface area contributed by atoms with Crippen molar-refractivity contribution in [1.82, 2.24) is 20.2 Å². The summed E-state index contributed by atoms with van der Waals surface area (Å²) in [5.41, 5.74) is 8.15. The molecule has 1 aromatic heterocycles. The number of aromatic nitrogens is 2. The summed E-state index contributed by atoms with van der Waals surface area (Å²) < 4.78 is 1.78. The fraction of sp³-hybridized carbons (Fsp3) is 0.304. The molecule has 5 nitrogen and oxygen atoms in total. The zero-order valence-electron chi connectivity index (χ0n) is 16.8. The van der Waals surface area contributed by atoms with Gasteiger partial charge < -0.3 is 0 Å². The molecule has 3 aromatic rings. The van der Waals surface area contributed by atoms with E-state index in [2.05, 4.69) is 5.43 Å². The van der Waals surface area contributed by atoms with Gasteiger partial charge in [-0.05, 0) is 68.0 Å². The summed E-state index contributed by atoms with van der Waals surface area (Å²) in [6, 6.07) is 11.2. The van der Waals surface area contributed by atoms with Gasteiger partial charge in [-0.3, -0.25) is 10.2 Å². The number of rotatable bonds is 3. The Bertz CT molecular complexity index is 1170. The van der Waals surface area contributed by atoms with Crippen LogP contribution in [0.3, 0.4) is 0 Å². The van der Waals surface area contributed by atoms with E-state index in [9.17, 15) is 4.79 Å². The first-order valence-corrected chi connectivity index (χ1v) is 11.6. The van der Waals surface area contributed by atoms with Crippen LogP contribution in [0.2, 0.25) is 15.1 Å². The van der Waals surface area contributed by atoms with E-state index >= 15 is 0 Å². The Morgan fingerprint density at radius 1 is 0.935 bits per heavy atom. The van der Waals surface area contributed by atoms with E-state index < -0.39 is 0 Å². The van der Waals surface area contributed by atoms with Gasteiger partial charge in [-0.1, -0.05) is 40.9 Å². The topological polar surface area (TPSA) is 50.2 Å². The summed E-state index contributed by atoms with van der Waals surface area (Å²) in [5.74, 6) is -0.181. The maximum absolute atomic E-state index is 13.2. The minimum Gasteiger partial charge on any atom is -0.283 e. The Kier molecular flexibility index (Phi) is 5.69. The van der Waals surface area contributed by atoms with Gasteiger partial charge in [0.2, 0.25) is 0 Å². The maximum atomic E-state index is 13.2. The lowest BCUT2D eigenvalue weighted by Gasteiger charge is -2.15. The van der Waals surface area contributed by atoms with Crippen LogP contribution in [0.1, 0.15) is 40.9 Å². The van der Waals surface area contributed by atoms with Crippen LogP contribution < -0.4 is 5.43 Å². The number of aryl methyl sites for hydroxylation is 1. The standard InChI is InChI=1S/C23H21Cl3N4O/c24-15-6-8-17-14(12-15)4-3-5-18-21(23(31)28-29-10-1-2-11-29)27-30(22(17)18)20-9-7-16(25)13-19(20)26/h6-9,12-13H,1-5,10-11H2,(H,28,31). The van der Waals surface area contributed by atoms with Crippen molar-refractivity contribution in [3.8, 4) is 16.9 Å². The zero-order valence-corrected chi connectivity index (χ0v) is 19.1. The number of hydrazine groups is 1. The number of nitrogens with one attached hydrogen (secondary N) is 1. The van der Waals surface area contributed by atoms with E-state index in [0.29, 0.717) is 26.4 Å². The molecule has 1 fully saturated rings. The van der Waals surface area contributed by atoms with Gasteiger partial charge in [0.25, 0.3) is 5.91 Å². The summed E-state index contributed by atoms with van der Waals surface area (Å²) in [6.45, 7) is 1.72. The average molecular weight is 476 g/mol. The number of fused-ring (bicyclic) bond motifs is 3. The number of benzene rings is 2. The lowest BCUT2D eigenvalue weighted by Crippen LogP contribution is -2.40. The van der Waals surface area contributed by atoms with E-state index in [4.69, 9.17) is 39.9 Å². The predicted octanol–water partition coefficient (Wildman–Crippen LogP) is 5.73. The van der Waals surface area contributed by atoms with Crippen LogP contribution in [0.5, 0.6) is 0 Å². The van der Waals surface area contributed by atoms with Crippen molar-refractivity contribution in [3.05, 3.63) is 68.3 Å². The van der Waals surface area contributed by atoms with Gasteiger partial charge in [-0.2, -0.15) is 5.10 Å². The molecular weight excluding hydrogens is 455 g/mol. The third kappa shape index (κ3) is 3.96. The molecular formula is C23H21Cl3N4O. The summed E-state index contributed by atoms with van der Waals surface area (Å²) in [4.78, 5) is 13.2. The molecule has 0 bridgehead atoms. The number of hydrogen-bond donors (Lipinski definition) is 1. The monoisotopic (exact) mass is 474 g/mol. The van der Waals surface area contributed by atoms with Crippen LogP contribution in [0.4, 0.5) is 0 Å². The first kappa shape index (κ1) is 20.8. The van der Waals surface area contributed by atoms with Gasteiger partial charge in [-0.25, -0.2) is 9.69 Å². The van der Waals surface area contributed by atoms with Gasteiger partial charge in [0, 0.05) is 34.3 Å². The van der Waals surface area contributed by atoms with Crippen molar-refractivity contribution >= 4 is 40.7 Å². The van der Waals surface area contributed by atoms with E-state index in [1.165, 1.54) is 0 Å². The highest BCUT2D eigenvalue weighted by Gasteiger charge is 2.29. The van der Waals surface area contributed by atoms with E-state index in [1.807, 2.05) is 29.3 Å². The summed E-state index contributed by atoms with van der Waals surface area (Å²) in [6.07, 6.45) is 4.70. The second-order valence-electron chi connectivity index (χ2n) is 7.97. The van der Waals surface area contributed by atoms with Gasteiger partial charge in [0.1, 0.15) is 0 Å². The second kappa shape index (κ2) is 8.47. The molecule has 0 saturated carbocycles. The highest BCUT2D eigenvalue weighted by molar-refractivity contribution is 6.35. The van der Waals surface area contributed by atoms with E-state index in [1.54, 1.807) is 16.8 Å². The molecule has 2 aromatic carbocycles. The fourth-order valence-corrected chi connectivity index (χ4v) is 5.14. The molecule has 1 aliphatic heterocycles. The van der Waals surface area contributed by atoms with Crippen LogP contribution in [-0.2, 0) is 12.8 Å². The molecule has 31 heavy (non-hydrogen) atoms. The molecule has 0 radical (unpaired) electrons. The lowest BCUT2D eigenvalue weighted by atomic mass is 10.0. The van der Waals surface area contributed by atoms with Gasteiger partial charge in [-0.15, -0.1) is 0 Å². The summed E-state index contributed by atoms with van der Waals surface area (Å²) >= 11 is 19.0. The average Bonchev–Trinajstić information content (AvgIpc) is 3.32. The Morgan fingerprint density at radius 2 is 1.68 bits per heavy atom. The molecule has 2 heterocycles. The SMILES string of the molecule is O=C(NN1CCCC1)c1nn(-c2ccc(Cl)cc2Cl)c2c1CCCc1cc(Cl)ccc1-2. The molecule has 160 valence electrons. The normalized spacial score (nSPS) is 16.0. The molecule has 1 aliphatic carbocycles. The first-order chi connectivity index (χ1) is 15.0. The summed E-state index contributed by atoms with van der Waals surface area (Å²) in [7, 11) is 0. The number of amides is 1. The molecule has 0 spiro atoms. The Labute approximate surface area is 195 Å². The smallest absolute Gasteiger partial charge is 0.283 e. The highest BCUT2D eigenvalue weighted by Crippen LogP contribution is 2.38. The van der Waals surface area contributed by atoms with Crippen molar-refractivity contribution in [2.75, 3.05) is 13.1 Å². The Hall–Kier alpha value is -2.05. The number of carbonyl (C=O) groups excluding carboxylic acids is 1. The zero-order chi connectivity index (χ0) is 21.5. The second-order valence-corrected chi connectivity index (χ2v) is 9.25.